The van der Waals surface area contributed by atoms with Crippen molar-refractivity contribution in [2.75, 3.05) is 5.32 Å². The number of aryl methyl sites for hydroxylation is 2. The summed E-state index contributed by atoms with van der Waals surface area (Å²) in [6.07, 6.45) is 0.644. The molecule has 2 aromatic carbocycles. The Morgan fingerprint density at radius 1 is 1.16 bits per heavy atom. The molecular weight excluding hydrogens is 416 g/mol. The molecule has 0 unspecified atom stereocenters. The maximum absolute atomic E-state index is 13.1. The van der Waals surface area contributed by atoms with Gasteiger partial charge in [-0.25, -0.2) is 4.98 Å². The predicted octanol–water partition coefficient (Wildman–Crippen LogP) is 4.87. The van der Waals surface area contributed by atoms with Crippen LogP contribution in [0.5, 0.6) is 0 Å². The number of nitrogens with one attached hydrogen (secondary N) is 2. The number of amides is 1. The van der Waals surface area contributed by atoms with E-state index in [1.165, 1.54) is 6.07 Å². The van der Waals surface area contributed by atoms with Crippen LogP contribution >= 0.6 is 11.6 Å². The van der Waals surface area contributed by atoms with Crippen LogP contribution in [-0.4, -0.2) is 21.0 Å². The lowest BCUT2D eigenvalue weighted by Gasteiger charge is -2.09. The number of aromatic amines is 1. The number of aromatic nitrogens is 3. The van der Waals surface area contributed by atoms with Gasteiger partial charge in [0.2, 0.25) is 0 Å². The third kappa shape index (κ3) is 4.27. The number of carbonyl (C=O) groups is 1. The monoisotopic (exact) mass is 434 g/mol. The van der Waals surface area contributed by atoms with Gasteiger partial charge < -0.3 is 14.8 Å². The molecule has 0 radical (unpaired) electrons. The van der Waals surface area contributed by atoms with Gasteiger partial charge in [0.15, 0.2) is 0 Å². The lowest BCUT2D eigenvalue weighted by Crippen LogP contribution is -2.14. The molecule has 7 nitrogen and oxygen atoms in total. The van der Waals surface area contributed by atoms with Crippen LogP contribution in [0.25, 0.3) is 22.6 Å². The summed E-state index contributed by atoms with van der Waals surface area (Å²) in [6, 6.07) is 15.7. The molecule has 0 aliphatic rings. The van der Waals surface area contributed by atoms with Gasteiger partial charge in [0.25, 0.3) is 11.5 Å². The van der Waals surface area contributed by atoms with E-state index in [2.05, 4.69) is 20.4 Å². The summed E-state index contributed by atoms with van der Waals surface area (Å²) in [5, 5.41) is 7.37. The molecule has 2 aromatic heterocycles. The van der Waals surface area contributed by atoms with E-state index in [-0.39, 0.29) is 11.5 Å². The first-order valence-electron chi connectivity index (χ1n) is 9.69. The molecule has 2 N–H and O–H groups in total. The number of halogens is 1. The van der Waals surface area contributed by atoms with Crippen LogP contribution in [0.2, 0.25) is 5.02 Å². The van der Waals surface area contributed by atoms with Gasteiger partial charge in [-0.3, -0.25) is 9.59 Å². The second-order valence-electron chi connectivity index (χ2n) is 6.92. The normalized spacial score (nSPS) is 10.8. The van der Waals surface area contributed by atoms with Gasteiger partial charge in [0.1, 0.15) is 22.8 Å². The average Bonchev–Trinajstić information content (AvgIpc) is 3.15. The van der Waals surface area contributed by atoms with E-state index in [0.29, 0.717) is 56.8 Å². The van der Waals surface area contributed by atoms with Gasteiger partial charge in [0.05, 0.1) is 5.02 Å². The van der Waals surface area contributed by atoms with Crippen molar-refractivity contribution in [3.8, 4) is 22.6 Å². The molecule has 0 atom stereocenters. The van der Waals surface area contributed by atoms with Crippen LogP contribution in [0.4, 0.5) is 5.69 Å². The SMILES string of the molecule is CCc1cc(=O)[nH]c(-c2cccc(NC(=O)c3c(-c4ccccc4Cl)noc3C)c2)n1. The predicted molar refractivity (Wildman–Crippen MR) is 119 cm³/mol. The number of rotatable bonds is 5. The minimum Gasteiger partial charge on any atom is -0.360 e. The quantitative estimate of drug-likeness (QED) is 0.466. The summed E-state index contributed by atoms with van der Waals surface area (Å²) in [6.45, 7) is 3.60. The van der Waals surface area contributed by atoms with Gasteiger partial charge in [-0.05, 0) is 31.5 Å². The summed E-state index contributed by atoms with van der Waals surface area (Å²) in [4.78, 5) is 32.2. The average molecular weight is 435 g/mol. The lowest BCUT2D eigenvalue weighted by molar-refractivity contribution is 0.102. The van der Waals surface area contributed by atoms with Crippen molar-refractivity contribution in [3.05, 3.63) is 87.0 Å². The molecule has 0 aliphatic carbocycles. The Morgan fingerprint density at radius 3 is 2.74 bits per heavy atom. The molecular formula is C23H19ClN4O3. The molecule has 2 heterocycles. The third-order valence-electron chi connectivity index (χ3n) is 4.77. The first-order chi connectivity index (χ1) is 15.0. The van der Waals surface area contributed by atoms with Crippen molar-refractivity contribution < 1.29 is 9.32 Å². The number of carbonyl (C=O) groups excluding carboxylic acids is 1. The minimum absolute atomic E-state index is 0.222. The molecule has 4 rings (SSSR count). The highest BCUT2D eigenvalue weighted by molar-refractivity contribution is 6.33. The zero-order chi connectivity index (χ0) is 22.0. The molecule has 4 aromatic rings. The fourth-order valence-electron chi connectivity index (χ4n) is 3.24. The zero-order valence-corrected chi connectivity index (χ0v) is 17.7. The van der Waals surface area contributed by atoms with Gasteiger partial charge in [-0.1, -0.05) is 54.0 Å². The first kappa shape index (κ1) is 20.6. The molecule has 0 aliphatic heterocycles. The largest absolute Gasteiger partial charge is 0.360 e. The second kappa shape index (κ2) is 8.57. The van der Waals surface area contributed by atoms with Crippen molar-refractivity contribution in [1.82, 2.24) is 15.1 Å². The number of hydrogen-bond donors (Lipinski definition) is 2. The molecule has 0 fully saturated rings. The molecule has 0 saturated carbocycles. The van der Waals surface area contributed by atoms with Crippen molar-refractivity contribution in [2.45, 2.75) is 20.3 Å². The van der Waals surface area contributed by atoms with Gasteiger partial charge >= 0.3 is 0 Å². The maximum Gasteiger partial charge on any atom is 0.261 e. The van der Waals surface area contributed by atoms with E-state index in [1.54, 1.807) is 43.3 Å². The maximum atomic E-state index is 13.1. The van der Waals surface area contributed by atoms with Crippen molar-refractivity contribution >= 4 is 23.2 Å². The molecule has 0 spiro atoms. The summed E-state index contributed by atoms with van der Waals surface area (Å²) >= 11 is 6.28. The van der Waals surface area contributed by atoms with Crippen molar-refractivity contribution in [2.24, 2.45) is 0 Å². The van der Waals surface area contributed by atoms with E-state index < -0.39 is 0 Å². The van der Waals surface area contributed by atoms with E-state index in [0.717, 1.165) is 0 Å². The van der Waals surface area contributed by atoms with Crippen LogP contribution < -0.4 is 10.9 Å². The number of hydrogen-bond acceptors (Lipinski definition) is 5. The van der Waals surface area contributed by atoms with Crippen molar-refractivity contribution in [3.63, 3.8) is 0 Å². The van der Waals surface area contributed by atoms with E-state index >= 15 is 0 Å². The van der Waals surface area contributed by atoms with Crippen LogP contribution in [0.3, 0.4) is 0 Å². The van der Waals surface area contributed by atoms with Crippen molar-refractivity contribution in [1.29, 1.82) is 0 Å². The number of nitrogens with zero attached hydrogens (tertiary/aromatic N) is 2. The summed E-state index contributed by atoms with van der Waals surface area (Å²) in [7, 11) is 0. The Labute approximate surface area is 183 Å². The molecule has 0 saturated heterocycles. The summed E-state index contributed by atoms with van der Waals surface area (Å²) < 4.78 is 5.28. The Hall–Kier alpha value is -3.71. The topological polar surface area (TPSA) is 101 Å². The fraction of sp³-hybridized carbons (Fsp3) is 0.130. The first-order valence-corrected chi connectivity index (χ1v) is 10.1. The molecule has 31 heavy (non-hydrogen) atoms. The van der Waals surface area contributed by atoms with Crippen LogP contribution in [0.1, 0.15) is 28.7 Å². The Kier molecular flexibility index (Phi) is 5.68. The second-order valence-corrected chi connectivity index (χ2v) is 7.32. The lowest BCUT2D eigenvalue weighted by atomic mass is 10.1. The van der Waals surface area contributed by atoms with Crippen LogP contribution in [0, 0.1) is 6.92 Å². The number of H-pyrrole nitrogens is 1. The highest BCUT2D eigenvalue weighted by atomic mass is 35.5. The minimum atomic E-state index is -0.380. The van der Waals surface area contributed by atoms with Crippen LogP contribution in [-0.2, 0) is 6.42 Å². The summed E-state index contributed by atoms with van der Waals surface area (Å²) in [5.74, 6) is 0.443. The number of benzene rings is 2. The third-order valence-corrected chi connectivity index (χ3v) is 5.10. The highest BCUT2D eigenvalue weighted by Crippen LogP contribution is 2.31. The Bertz CT molecular complexity index is 1330. The zero-order valence-electron chi connectivity index (χ0n) is 16.9. The summed E-state index contributed by atoms with van der Waals surface area (Å²) in [5.41, 5.74) is 2.98. The standard InChI is InChI=1S/C23H19ClN4O3/c1-3-15-12-19(29)27-22(25-15)14-7-6-8-16(11-14)26-23(30)20-13(2)31-28-21(20)17-9-4-5-10-18(17)24/h4-12H,3H2,1-2H3,(H,26,30)(H,25,27,29). The number of anilines is 1. The Balaban J connectivity index is 1.66. The smallest absolute Gasteiger partial charge is 0.261 e. The van der Waals surface area contributed by atoms with E-state index in [4.69, 9.17) is 16.1 Å². The molecule has 156 valence electrons. The highest BCUT2D eigenvalue weighted by Gasteiger charge is 2.23. The molecule has 1 amide bonds. The fourth-order valence-corrected chi connectivity index (χ4v) is 3.47. The van der Waals surface area contributed by atoms with Gasteiger partial charge in [0, 0.05) is 28.6 Å². The molecule has 0 bridgehead atoms. The molecule has 8 heteroatoms. The van der Waals surface area contributed by atoms with Crippen LogP contribution in [0.15, 0.2) is 63.9 Å². The van der Waals surface area contributed by atoms with Gasteiger partial charge in [-0.2, -0.15) is 0 Å². The van der Waals surface area contributed by atoms with Gasteiger partial charge in [-0.15, -0.1) is 0 Å². The Morgan fingerprint density at radius 2 is 1.97 bits per heavy atom. The van der Waals surface area contributed by atoms with E-state index in [9.17, 15) is 9.59 Å². The van der Waals surface area contributed by atoms with E-state index in [1.807, 2.05) is 19.1 Å².